The smallest absolute Gasteiger partial charge is 0.251 e. The van der Waals surface area contributed by atoms with Gasteiger partial charge >= 0.3 is 0 Å². The van der Waals surface area contributed by atoms with Crippen molar-refractivity contribution in [3.8, 4) is 11.5 Å². The molecule has 1 aromatic heterocycles. The quantitative estimate of drug-likeness (QED) is 0.355. The van der Waals surface area contributed by atoms with Gasteiger partial charge in [0.05, 0.1) is 10.6 Å². The maximum atomic E-state index is 12.8. The Morgan fingerprint density at radius 2 is 1.60 bits per heavy atom. The highest BCUT2D eigenvalue weighted by molar-refractivity contribution is 7.90. The number of hydrogen-bond donors (Lipinski definition) is 1. The summed E-state index contributed by atoms with van der Waals surface area (Å²) < 4.78 is 31.4. The van der Waals surface area contributed by atoms with Crippen molar-refractivity contribution in [2.75, 3.05) is 6.54 Å². The molecule has 4 rings (SSSR count). The topological polar surface area (TPSA) is 89.3 Å². The molecule has 0 aliphatic rings. The zero-order valence-corrected chi connectivity index (χ0v) is 20.8. The van der Waals surface area contributed by atoms with Gasteiger partial charge in [0, 0.05) is 17.7 Å². The molecule has 0 saturated carbocycles. The molecular formula is C28H28N2O4S. The molecule has 35 heavy (non-hydrogen) atoms. The number of nitrogens with one attached hydrogen (secondary N) is 1. The fourth-order valence-electron chi connectivity index (χ4n) is 3.71. The van der Waals surface area contributed by atoms with Crippen molar-refractivity contribution < 1.29 is 17.6 Å². The molecule has 180 valence electrons. The summed E-state index contributed by atoms with van der Waals surface area (Å²) in [4.78, 5) is 17.3. The zero-order valence-electron chi connectivity index (χ0n) is 20.0. The van der Waals surface area contributed by atoms with E-state index in [4.69, 9.17) is 4.42 Å². The highest BCUT2D eigenvalue weighted by atomic mass is 32.2. The Morgan fingerprint density at radius 3 is 2.26 bits per heavy atom. The van der Waals surface area contributed by atoms with Crippen LogP contribution in [0.15, 0.2) is 88.2 Å². The van der Waals surface area contributed by atoms with Crippen LogP contribution in [-0.4, -0.2) is 25.9 Å². The molecule has 3 aromatic carbocycles. The number of aryl methyl sites for hydroxylation is 2. The zero-order chi connectivity index (χ0) is 25.0. The lowest BCUT2D eigenvalue weighted by molar-refractivity contribution is 0.0951. The molecule has 0 aliphatic heterocycles. The first kappa shape index (κ1) is 24.4. The van der Waals surface area contributed by atoms with E-state index in [1.54, 1.807) is 55.5 Å². The van der Waals surface area contributed by atoms with E-state index in [-0.39, 0.29) is 22.5 Å². The number of benzene rings is 3. The molecule has 1 N–H and O–H groups in total. The summed E-state index contributed by atoms with van der Waals surface area (Å²) >= 11 is 0. The van der Waals surface area contributed by atoms with Gasteiger partial charge in [-0.3, -0.25) is 4.79 Å². The van der Waals surface area contributed by atoms with Crippen LogP contribution < -0.4 is 5.32 Å². The minimum Gasteiger partial charge on any atom is -0.441 e. The van der Waals surface area contributed by atoms with Crippen molar-refractivity contribution in [2.24, 2.45) is 0 Å². The molecule has 1 amide bonds. The number of carbonyl (C=O) groups excluding carboxylic acids is 1. The lowest BCUT2D eigenvalue weighted by atomic mass is 10.0. The third-order valence-corrected chi connectivity index (χ3v) is 7.57. The molecule has 0 fully saturated rings. The first-order chi connectivity index (χ1) is 16.7. The molecule has 4 aromatic rings. The second-order valence-corrected chi connectivity index (χ2v) is 10.7. The maximum Gasteiger partial charge on any atom is 0.251 e. The summed E-state index contributed by atoms with van der Waals surface area (Å²) in [6, 6.07) is 23.7. The van der Waals surface area contributed by atoms with E-state index in [1.807, 2.05) is 37.3 Å². The van der Waals surface area contributed by atoms with Gasteiger partial charge in [-0.15, -0.1) is 0 Å². The highest BCUT2D eigenvalue weighted by Crippen LogP contribution is 2.25. The van der Waals surface area contributed by atoms with Crippen LogP contribution in [-0.2, 0) is 15.6 Å². The molecule has 1 atom stereocenters. The van der Waals surface area contributed by atoms with E-state index < -0.39 is 9.84 Å². The molecule has 0 radical (unpaired) electrons. The van der Waals surface area contributed by atoms with Crippen LogP contribution in [0.5, 0.6) is 0 Å². The van der Waals surface area contributed by atoms with Gasteiger partial charge in [0.15, 0.2) is 9.84 Å². The predicted molar refractivity (Wildman–Crippen MR) is 136 cm³/mol. The van der Waals surface area contributed by atoms with Gasteiger partial charge in [0.25, 0.3) is 5.91 Å². The summed E-state index contributed by atoms with van der Waals surface area (Å²) in [6.45, 7) is 6.21. The van der Waals surface area contributed by atoms with Gasteiger partial charge in [-0.2, -0.15) is 0 Å². The minimum atomic E-state index is -3.55. The standard InChI is InChI=1S/C28H28N2O4S/c1-19-9-15-25(16-10-19)35(32,33)18-26-21(3)34-28(30-26)24-13-11-23(12-14-24)27(31)29-17-20(2)22-7-5-4-6-8-22/h4-16,20H,17-18H2,1-3H3,(H,29,31). The number of aromatic nitrogens is 1. The molecule has 0 spiro atoms. The number of sulfone groups is 1. The van der Waals surface area contributed by atoms with Crippen LogP contribution >= 0.6 is 0 Å². The van der Waals surface area contributed by atoms with Crippen LogP contribution in [0.3, 0.4) is 0 Å². The lowest BCUT2D eigenvalue weighted by Crippen LogP contribution is -2.27. The van der Waals surface area contributed by atoms with Crippen LogP contribution in [0.25, 0.3) is 11.5 Å². The van der Waals surface area contributed by atoms with Crippen LogP contribution in [0.4, 0.5) is 0 Å². The van der Waals surface area contributed by atoms with Gasteiger partial charge in [0.2, 0.25) is 5.89 Å². The Morgan fingerprint density at radius 1 is 0.943 bits per heavy atom. The average Bonchev–Trinajstić information content (AvgIpc) is 3.22. The first-order valence-electron chi connectivity index (χ1n) is 11.4. The highest BCUT2D eigenvalue weighted by Gasteiger charge is 2.21. The minimum absolute atomic E-state index is 0.159. The molecule has 7 heteroatoms. The molecule has 1 unspecified atom stereocenters. The van der Waals surface area contributed by atoms with Crippen molar-refractivity contribution >= 4 is 15.7 Å². The van der Waals surface area contributed by atoms with E-state index >= 15 is 0 Å². The second-order valence-electron chi connectivity index (χ2n) is 8.69. The van der Waals surface area contributed by atoms with Crippen molar-refractivity contribution in [3.63, 3.8) is 0 Å². The third-order valence-electron chi connectivity index (χ3n) is 5.93. The van der Waals surface area contributed by atoms with Crippen LogP contribution in [0.2, 0.25) is 0 Å². The van der Waals surface area contributed by atoms with Gasteiger partial charge in [-0.05, 0) is 61.7 Å². The average molecular weight is 489 g/mol. The fraction of sp³-hybridized carbons (Fsp3) is 0.214. The number of rotatable bonds is 8. The summed E-state index contributed by atoms with van der Waals surface area (Å²) in [5.74, 6) is 0.566. The van der Waals surface area contributed by atoms with Gasteiger partial charge < -0.3 is 9.73 Å². The number of carbonyl (C=O) groups is 1. The Hall–Kier alpha value is -3.71. The number of hydrogen-bond acceptors (Lipinski definition) is 5. The maximum absolute atomic E-state index is 12.8. The van der Waals surface area contributed by atoms with E-state index in [2.05, 4.69) is 17.2 Å². The van der Waals surface area contributed by atoms with Gasteiger partial charge in [-0.1, -0.05) is 55.0 Å². The van der Waals surface area contributed by atoms with Gasteiger partial charge in [-0.25, -0.2) is 13.4 Å². The van der Waals surface area contributed by atoms with E-state index in [0.29, 0.717) is 35.0 Å². The van der Waals surface area contributed by atoms with Gasteiger partial charge in [0.1, 0.15) is 11.5 Å². The van der Waals surface area contributed by atoms with Crippen molar-refractivity contribution in [3.05, 3.63) is 107 Å². The van der Waals surface area contributed by atoms with E-state index in [1.165, 1.54) is 5.56 Å². The van der Waals surface area contributed by atoms with Crippen molar-refractivity contribution in [2.45, 2.75) is 37.3 Å². The molecule has 1 heterocycles. The summed E-state index contributed by atoms with van der Waals surface area (Å²) in [5.41, 5.74) is 3.73. The normalized spacial score (nSPS) is 12.3. The molecule has 0 saturated heterocycles. The molecular weight excluding hydrogens is 460 g/mol. The van der Waals surface area contributed by atoms with Crippen LogP contribution in [0.1, 0.15) is 45.8 Å². The Balaban J connectivity index is 1.42. The second kappa shape index (κ2) is 10.3. The number of nitrogens with zero attached hydrogens (tertiary/aromatic N) is 1. The Kier molecular flexibility index (Phi) is 7.17. The summed E-state index contributed by atoms with van der Waals surface area (Å²) in [7, 11) is -3.55. The molecule has 0 bridgehead atoms. The summed E-state index contributed by atoms with van der Waals surface area (Å²) in [6.07, 6.45) is 0. The van der Waals surface area contributed by atoms with Crippen LogP contribution in [0, 0.1) is 13.8 Å². The number of amides is 1. The third kappa shape index (κ3) is 5.87. The predicted octanol–water partition coefficient (Wildman–Crippen LogP) is 5.47. The first-order valence-corrected chi connectivity index (χ1v) is 13.1. The largest absolute Gasteiger partial charge is 0.441 e. The monoisotopic (exact) mass is 488 g/mol. The molecule has 6 nitrogen and oxygen atoms in total. The van der Waals surface area contributed by atoms with Crippen molar-refractivity contribution in [1.29, 1.82) is 0 Å². The molecule has 0 aliphatic carbocycles. The fourth-order valence-corrected chi connectivity index (χ4v) is 5.05. The van der Waals surface area contributed by atoms with E-state index in [0.717, 1.165) is 5.56 Å². The SMILES string of the molecule is Cc1ccc(S(=O)(=O)Cc2nc(-c3ccc(C(=O)NCC(C)c4ccccc4)cc3)oc2C)cc1. The van der Waals surface area contributed by atoms with E-state index in [9.17, 15) is 13.2 Å². The lowest BCUT2D eigenvalue weighted by Gasteiger charge is -2.13. The Labute approximate surface area is 206 Å². The van der Waals surface area contributed by atoms with Crippen molar-refractivity contribution in [1.82, 2.24) is 10.3 Å². The number of oxazole rings is 1. The summed E-state index contributed by atoms with van der Waals surface area (Å²) in [5, 5.41) is 2.97. The Bertz CT molecular complexity index is 1410.